The minimum Gasteiger partial charge on any atom is -0.353 e. The Balaban J connectivity index is 1.43. The molecule has 0 unspecified atom stereocenters. The zero-order valence-electron chi connectivity index (χ0n) is 24.6. The van der Waals surface area contributed by atoms with Crippen molar-refractivity contribution in [2.45, 2.75) is 51.5 Å². The molecule has 9 heteroatoms. The number of thiazole rings is 1. The van der Waals surface area contributed by atoms with Crippen LogP contribution in [0.3, 0.4) is 0 Å². The lowest BCUT2D eigenvalue weighted by atomic mass is 9.94. The number of rotatable bonds is 15. The molecule has 2 heterocycles. The molecule has 7 nitrogen and oxygen atoms in total. The molecule has 3 aromatic rings. The predicted molar refractivity (Wildman–Crippen MR) is 171 cm³/mol. The molecule has 1 aromatic heterocycles. The van der Waals surface area contributed by atoms with Gasteiger partial charge in [0.15, 0.2) is 5.78 Å². The largest absolute Gasteiger partial charge is 0.353 e. The van der Waals surface area contributed by atoms with Crippen LogP contribution in [0.4, 0.5) is 0 Å². The summed E-state index contributed by atoms with van der Waals surface area (Å²) in [7, 11) is 2.11. The third-order valence-electron chi connectivity index (χ3n) is 7.85. The standard InChI is InChI=1S/C33H41ClN4O3S/c1-4-28(39)19-25(20-32-36-29-12-10-26(34)21-31(29)42-32)33(41)35-27(18-24-8-6-5-7-9-24)11-13-30(40)23(2)22-38-16-14-37(3)15-17-38/h5-10,12,21,25,27H,2,4,11,13-20,22H2,1,3H3,(H,35,41)/t25-,27+/m0/s1. The van der Waals surface area contributed by atoms with Crippen molar-refractivity contribution in [1.29, 1.82) is 0 Å². The van der Waals surface area contributed by atoms with Crippen LogP contribution in [0.5, 0.6) is 0 Å². The van der Waals surface area contributed by atoms with Gasteiger partial charge < -0.3 is 10.2 Å². The topological polar surface area (TPSA) is 82.6 Å². The zero-order chi connectivity index (χ0) is 30.1. The highest BCUT2D eigenvalue weighted by atomic mass is 35.5. The van der Waals surface area contributed by atoms with Crippen LogP contribution in [0.25, 0.3) is 10.2 Å². The Morgan fingerprint density at radius 3 is 2.52 bits per heavy atom. The highest BCUT2D eigenvalue weighted by Crippen LogP contribution is 2.28. The fourth-order valence-electron chi connectivity index (χ4n) is 5.21. The molecule has 42 heavy (non-hydrogen) atoms. The second-order valence-corrected chi connectivity index (χ2v) is 12.8. The number of carbonyl (C=O) groups is 3. The van der Waals surface area contributed by atoms with Gasteiger partial charge in [0.05, 0.1) is 21.1 Å². The number of piperazine rings is 1. The molecule has 0 radical (unpaired) electrons. The van der Waals surface area contributed by atoms with Crippen molar-refractivity contribution >= 4 is 50.6 Å². The van der Waals surface area contributed by atoms with Crippen molar-refractivity contribution in [2.24, 2.45) is 5.92 Å². The molecule has 2 aromatic carbocycles. The highest BCUT2D eigenvalue weighted by Gasteiger charge is 2.26. The minimum atomic E-state index is -0.547. The number of fused-ring (bicyclic) bond motifs is 1. The number of hydrogen-bond donors (Lipinski definition) is 1. The maximum Gasteiger partial charge on any atom is 0.224 e. The van der Waals surface area contributed by atoms with Gasteiger partial charge in [-0.15, -0.1) is 11.3 Å². The molecular weight excluding hydrogens is 568 g/mol. The van der Waals surface area contributed by atoms with Gasteiger partial charge >= 0.3 is 0 Å². The quantitative estimate of drug-likeness (QED) is 0.234. The second-order valence-electron chi connectivity index (χ2n) is 11.3. The fourth-order valence-corrected chi connectivity index (χ4v) is 6.53. The molecule has 1 aliphatic rings. The van der Waals surface area contributed by atoms with E-state index >= 15 is 0 Å². The minimum absolute atomic E-state index is 0.0343. The number of benzene rings is 2. The van der Waals surface area contributed by atoms with E-state index in [1.165, 1.54) is 11.3 Å². The van der Waals surface area contributed by atoms with E-state index in [-0.39, 0.29) is 29.9 Å². The molecule has 224 valence electrons. The Morgan fingerprint density at radius 1 is 1.07 bits per heavy atom. The molecule has 1 aliphatic heterocycles. The SMILES string of the molecule is C=C(CN1CCN(C)CC1)C(=O)CC[C@H](Cc1ccccc1)NC(=O)[C@@H](CC(=O)CC)Cc1nc2ccc(Cl)cc2s1. The summed E-state index contributed by atoms with van der Waals surface area (Å²) >= 11 is 7.65. The normalized spacial score (nSPS) is 15.8. The number of Topliss-reactive ketones (excluding diaryl/α,β-unsaturated/α-hetero) is 2. The Morgan fingerprint density at radius 2 is 1.81 bits per heavy atom. The monoisotopic (exact) mass is 608 g/mol. The van der Waals surface area contributed by atoms with Gasteiger partial charge in [0.1, 0.15) is 5.78 Å². The molecule has 0 bridgehead atoms. The van der Waals surface area contributed by atoms with Crippen LogP contribution in [-0.4, -0.2) is 78.1 Å². The third-order valence-corrected chi connectivity index (χ3v) is 9.13. The van der Waals surface area contributed by atoms with Crippen molar-refractivity contribution in [3.63, 3.8) is 0 Å². The van der Waals surface area contributed by atoms with Crippen molar-refractivity contribution in [1.82, 2.24) is 20.1 Å². The van der Waals surface area contributed by atoms with E-state index in [2.05, 4.69) is 28.7 Å². The van der Waals surface area contributed by atoms with Crippen LogP contribution in [0.2, 0.25) is 5.02 Å². The number of aromatic nitrogens is 1. The van der Waals surface area contributed by atoms with Crippen LogP contribution in [-0.2, 0) is 27.2 Å². The van der Waals surface area contributed by atoms with Gasteiger partial charge in [0.2, 0.25) is 5.91 Å². The molecule has 4 rings (SSSR count). The fraction of sp³-hybridized carbons (Fsp3) is 0.455. The highest BCUT2D eigenvalue weighted by molar-refractivity contribution is 7.18. The first-order chi connectivity index (χ1) is 20.2. The van der Waals surface area contributed by atoms with Gasteiger partial charge in [-0.3, -0.25) is 19.3 Å². The molecule has 2 atom stereocenters. The average Bonchev–Trinajstić information content (AvgIpc) is 3.38. The number of carbonyl (C=O) groups excluding carboxylic acids is 3. The Labute approximate surface area is 257 Å². The van der Waals surface area contributed by atoms with Crippen molar-refractivity contribution in [3.8, 4) is 0 Å². The van der Waals surface area contributed by atoms with E-state index in [4.69, 9.17) is 16.6 Å². The van der Waals surface area contributed by atoms with Crippen molar-refractivity contribution in [3.05, 3.63) is 76.3 Å². The zero-order valence-corrected chi connectivity index (χ0v) is 26.2. The summed E-state index contributed by atoms with van der Waals surface area (Å²) in [6, 6.07) is 15.2. The summed E-state index contributed by atoms with van der Waals surface area (Å²) in [4.78, 5) is 48.6. The number of ketones is 2. The van der Waals surface area contributed by atoms with Crippen LogP contribution in [0, 0.1) is 5.92 Å². The number of nitrogens with one attached hydrogen (secondary N) is 1. The lowest BCUT2D eigenvalue weighted by Gasteiger charge is -2.32. The number of nitrogens with zero attached hydrogens (tertiary/aromatic N) is 3. The second kappa shape index (κ2) is 15.5. The lowest BCUT2D eigenvalue weighted by Crippen LogP contribution is -2.45. The van der Waals surface area contributed by atoms with E-state index in [1.54, 1.807) is 6.07 Å². The molecule has 0 saturated carbocycles. The number of likely N-dealkylation sites (N-methyl/N-ethyl adjacent to an activating group) is 1. The first-order valence-corrected chi connectivity index (χ1v) is 15.9. The molecule has 1 amide bonds. The summed E-state index contributed by atoms with van der Waals surface area (Å²) in [5.41, 5.74) is 2.53. The summed E-state index contributed by atoms with van der Waals surface area (Å²) in [6.07, 6.45) is 2.29. The summed E-state index contributed by atoms with van der Waals surface area (Å²) in [5, 5.41) is 4.64. The first kappa shape index (κ1) is 32.0. The van der Waals surface area contributed by atoms with Crippen LogP contribution in [0.1, 0.15) is 43.2 Å². The summed E-state index contributed by atoms with van der Waals surface area (Å²) in [6.45, 7) is 10.3. The molecule has 0 aliphatic carbocycles. The van der Waals surface area contributed by atoms with E-state index in [0.717, 1.165) is 47.0 Å². The number of hydrogen-bond acceptors (Lipinski definition) is 7. The van der Waals surface area contributed by atoms with E-state index < -0.39 is 5.92 Å². The third kappa shape index (κ3) is 9.56. The molecule has 1 fully saturated rings. The predicted octanol–water partition coefficient (Wildman–Crippen LogP) is 5.36. The van der Waals surface area contributed by atoms with Gasteiger partial charge in [0.25, 0.3) is 0 Å². The van der Waals surface area contributed by atoms with Gasteiger partial charge in [-0.1, -0.05) is 55.4 Å². The first-order valence-electron chi connectivity index (χ1n) is 14.7. The molecule has 0 spiro atoms. The van der Waals surface area contributed by atoms with Crippen LogP contribution >= 0.6 is 22.9 Å². The smallest absolute Gasteiger partial charge is 0.224 e. The maximum absolute atomic E-state index is 13.7. The van der Waals surface area contributed by atoms with Gasteiger partial charge in [-0.25, -0.2) is 4.98 Å². The average molecular weight is 609 g/mol. The Bertz CT molecular complexity index is 1380. The lowest BCUT2D eigenvalue weighted by molar-refractivity contribution is -0.130. The van der Waals surface area contributed by atoms with Gasteiger partial charge in [-0.2, -0.15) is 0 Å². The van der Waals surface area contributed by atoms with Crippen LogP contribution in [0.15, 0.2) is 60.7 Å². The molecular formula is C33H41ClN4O3S. The van der Waals surface area contributed by atoms with Gasteiger partial charge in [0, 0.05) is 75.0 Å². The Hall–Kier alpha value is -2.91. The van der Waals surface area contributed by atoms with Gasteiger partial charge in [-0.05, 0) is 43.7 Å². The van der Waals surface area contributed by atoms with Crippen molar-refractivity contribution in [2.75, 3.05) is 39.8 Å². The van der Waals surface area contributed by atoms with E-state index in [1.807, 2.05) is 49.4 Å². The molecule has 1 N–H and O–H groups in total. The number of amides is 1. The summed E-state index contributed by atoms with van der Waals surface area (Å²) in [5.74, 6) is -0.658. The maximum atomic E-state index is 13.7. The van der Waals surface area contributed by atoms with Crippen molar-refractivity contribution < 1.29 is 14.4 Å². The van der Waals surface area contributed by atoms with Crippen LogP contribution < -0.4 is 5.32 Å². The molecule has 1 saturated heterocycles. The summed E-state index contributed by atoms with van der Waals surface area (Å²) < 4.78 is 0.954. The van der Waals surface area contributed by atoms with E-state index in [9.17, 15) is 14.4 Å². The van der Waals surface area contributed by atoms with E-state index in [0.29, 0.717) is 49.2 Å². The number of halogens is 1. The Kier molecular flexibility index (Phi) is 11.8.